The minimum Gasteiger partial charge on any atom is -0.496 e. The topological polar surface area (TPSA) is 30.5 Å². The van der Waals surface area contributed by atoms with Gasteiger partial charge in [0.1, 0.15) is 17.3 Å². The third-order valence-corrected chi connectivity index (χ3v) is 5.47. The number of nitrogens with one attached hydrogen (secondary N) is 1. The van der Waals surface area contributed by atoms with E-state index in [-0.39, 0.29) is 5.54 Å². The van der Waals surface area contributed by atoms with Crippen molar-refractivity contribution in [3.8, 4) is 22.6 Å². The molecule has 0 saturated carbocycles. The molecule has 0 saturated heterocycles. The summed E-state index contributed by atoms with van der Waals surface area (Å²) in [7, 11) is 1.71. The molecule has 0 atom stereocenters. The molecule has 0 unspecified atom stereocenters. The number of hydrogen-bond acceptors (Lipinski definition) is 3. The van der Waals surface area contributed by atoms with Gasteiger partial charge in [-0.2, -0.15) is 0 Å². The van der Waals surface area contributed by atoms with Crippen LogP contribution < -0.4 is 14.8 Å². The van der Waals surface area contributed by atoms with Gasteiger partial charge in [-0.25, -0.2) is 0 Å². The number of ether oxygens (including phenoxy) is 2. The van der Waals surface area contributed by atoms with E-state index in [1.165, 1.54) is 27.8 Å². The van der Waals surface area contributed by atoms with Crippen LogP contribution >= 0.6 is 0 Å². The van der Waals surface area contributed by atoms with Gasteiger partial charge in [-0.1, -0.05) is 25.1 Å². The second-order valence-corrected chi connectivity index (χ2v) is 7.98. The fraction of sp³-hybridized carbons (Fsp3) is 0.333. The van der Waals surface area contributed by atoms with E-state index >= 15 is 0 Å². The van der Waals surface area contributed by atoms with Crippen LogP contribution in [0.4, 0.5) is 5.69 Å². The van der Waals surface area contributed by atoms with Gasteiger partial charge in [0.25, 0.3) is 0 Å². The Bertz CT molecular complexity index is 996. The summed E-state index contributed by atoms with van der Waals surface area (Å²) in [6.45, 7) is 10.9. The van der Waals surface area contributed by atoms with Gasteiger partial charge in [-0.05, 0) is 63.5 Å². The van der Waals surface area contributed by atoms with Crippen LogP contribution in [0.5, 0.6) is 11.5 Å². The summed E-state index contributed by atoms with van der Waals surface area (Å²) in [6, 6.07) is 10.4. The van der Waals surface area contributed by atoms with Crippen LogP contribution in [-0.4, -0.2) is 12.6 Å². The molecular weight excluding hydrogens is 334 g/mol. The van der Waals surface area contributed by atoms with E-state index in [2.05, 4.69) is 58.1 Å². The van der Waals surface area contributed by atoms with Gasteiger partial charge in [0, 0.05) is 22.4 Å². The van der Waals surface area contributed by atoms with Crippen LogP contribution in [0.2, 0.25) is 0 Å². The minimum atomic E-state index is -0.0693. The number of hydrogen-bond donors (Lipinski definition) is 1. The highest BCUT2D eigenvalue weighted by molar-refractivity contribution is 5.99. The lowest BCUT2D eigenvalue weighted by Crippen LogP contribution is -2.32. The molecule has 0 spiro atoms. The summed E-state index contributed by atoms with van der Waals surface area (Å²) >= 11 is 0. The van der Waals surface area contributed by atoms with Crippen molar-refractivity contribution in [2.24, 2.45) is 0 Å². The molecule has 0 aromatic heterocycles. The molecule has 2 heterocycles. The Labute approximate surface area is 161 Å². The van der Waals surface area contributed by atoms with Gasteiger partial charge in [0.2, 0.25) is 0 Å². The number of methoxy groups -OCH3 is 1. The van der Waals surface area contributed by atoms with E-state index in [0.29, 0.717) is 0 Å². The number of fused-ring (bicyclic) bond motifs is 5. The first-order valence-electron chi connectivity index (χ1n) is 9.56. The van der Waals surface area contributed by atoms with Crippen molar-refractivity contribution in [2.75, 3.05) is 12.4 Å². The van der Waals surface area contributed by atoms with Crippen molar-refractivity contribution in [2.45, 2.75) is 46.6 Å². The molecule has 2 aromatic carbocycles. The van der Waals surface area contributed by atoms with E-state index in [9.17, 15) is 0 Å². The monoisotopic (exact) mass is 361 g/mol. The second kappa shape index (κ2) is 6.19. The lowest BCUT2D eigenvalue weighted by Gasteiger charge is -2.35. The molecule has 0 amide bonds. The second-order valence-electron chi connectivity index (χ2n) is 7.98. The fourth-order valence-corrected chi connectivity index (χ4v) is 4.21. The van der Waals surface area contributed by atoms with Crippen molar-refractivity contribution in [3.05, 3.63) is 53.1 Å². The molecule has 1 N–H and O–H groups in total. The normalized spacial score (nSPS) is 18.2. The third-order valence-electron chi connectivity index (χ3n) is 5.47. The lowest BCUT2D eigenvalue weighted by atomic mass is 9.82. The largest absolute Gasteiger partial charge is 0.496 e. The third kappa shape index (κ3) is 2.73. The Balaban J connectivity index is 2.10. The molecule has 27 heavy (non-hydrogen) atoms. The molecule has 4 rings (SSSR count). The van der Waals surface area contributed by atoms with Gasteiger partial charge in [0.15, 0.2) is 0 Å². The smallest absolute Gasteiger partial charge is 0.139 e. The molecule has 3 nitrogen and oxygen atoms in total. The first-order chi connectivity index (χ1) is 12.9. The zero-order chi connectivity index (χ0) is 19.3. The molecular formula is C24H27NO2. The molecule has 0 fully saturated rings. The van der Waals surface area contributed by atoms with Crippen LogP contribution in [0.15, 0.2) is 42.0 Å². The molecule has 3 heteroatoms. The standard InChI is InChI=1S/C24H27NO2/c1-7-14(2)23-22-16(21-18(26-6)9-8-10-19(21)27-23)11-12-17-20(22)15(3)13-24(4,5)25-17/h8-13,25H,7H2,1-6H3/b23-14+. The minimum absolute atomic E-state index is 0.0693. The van der Waals surface area contributed by atoms with Gasteiger partial charge in [-0.15, -0.1) is 0 Å². The van der Waals surface area contributed by atoms with E-state index in [1.807, 2.05) is 18.2 Å². The van der Waals surface area contributed by atoms with E-state index in [4.69, 9.17) is 9.47 Å². The van der Waals surface area contributed by atoms with Crippen molar-refractivity contribution < 1.29 is 9.47 Å². The van der Waals surface area contributed by atoms with Crippen LogP contribution in [-0.2, 0) is 0 Å². The fourth-order valence-electron chi connectivity index (χ4n) is 4.21. The summed E-state index contributed by atoms with van der Waals surface area (Å²) in [6.07, 6.45) is 3.24. The first-order valence-corrected chi connectivity index (χ1v) is 9.56. The molecule has 0 radical (unpaired) electrons. The average Bonchev–Trinajstić information content (AvgIpc) is 2.64. The Hall–Kier alpha value is -2.68. The van der Waals surface area contributed by atoms with Crippen molar-refractivity contribution in [1.82, 2.24) is 0 Å². The summed E-state index contributed by atoms with van der Waals surface area (Å²) in [4.78, 5) is 0. The van der Waals surface area contributed by atoms with E-state index < -0.39 is 0 Å². The van der Waals surface area contributed by atoms with E-state index in [1.54, 1.807) is 7.11 Å². The van der Waals surface area contributed by atoms with Crippen LogP contribution in [0.3, 0.4) is 0 Å². The highest BCUT2D eigenvalue weighted by Crippen LogP contribution is 2.52. The van der Waals surface area contributed by atoms with Crippen LogP contribution in [0.1, 0.15) is 52.2 Å². The Morgan fingerprint density at radius 3 is 2.59 bits per heavy atom. The number of allylic oxidation sites excluding steroid dienone is 2. The van der Waals surface area contributed by atoms with Gasteiger partial charge in [0.05, 0.1) is 18.2 Å². The maximum atomic E-state index is 6.46. The highest BCUT2D eigenvalue weighted by Gasteiger charge is 2.33. The zero-order valence-corrected chi connectivity index (χ0v) is 17.0. The summed E-state index contributed by atoms with van der Waals surface area (Å²) in [5.74, 6) is 2.67. The quantitative estimate of drug-likeness (QED) is 0.662. The number of rotatable bonds is 2. The van der Waals surface area contributed by atoms with Gasteiger partial charge < -0.3 is 14.8 Å². The summed E-state index contributed by atoms with van der Waals surface area (Å²) < 4.78 is 12.1. The summed E-state index contributed by atoms with van der Waals surface area (Å²) in [5, 5.41) is 3.66. The maximum absolute atomic E-state index is 6.46. The van der Waals surface area contributed by atoms with E-state index in [0.717, 1.165) is 34.9 Å². The predicted molar refractivity (Wildman–Crippen MR) is 113 cm³/mol. The SMILES string of the molecule is CC/C(C)=C1/Oc2cccc(OC)c2-c2ccc3c(c21)C(C)=CC(C)(C)N3. The number of anilines is 1. The Morgan fingerprint density at radius 2 is 1.89 bits per heavy atom. The van der Waals surface area contributed by atoms with Crippen LogP contribution in [0.25, 0.3) is 22.5 Å². The predicted octanol–water partition coefficient (Wildman–Crippen LogP) is 6.50. The van der Waals surface area contributed by atoms with Crippen molar-refractivity contribution in [1.29, 1.82) is 0 Å². The molecule has 2 aliphatic rings. The number of benzene rings is 2. The molecule has 0 aliphatic carbocycles. The van der Waals surface area contributed by atoms with Crippen molar-refractivity contribution in [3.63, 3.8) is 0 Å². The highest BCUT2D eigenvalue weighted by atomic mass is 16.5. The summed E-state index contributed by atoms with van der Waals surface area (Å²) in [5.41, 5.74) is 8.20. The first kappa shape index (κ1) is 17.7. The Kier molecular flexibility index (Phi) is 4.06. The lowest BCUT2D eigenvalue weighted by molar-refractivity contribution is 0.411. The molecule has 2 aromatic rings. The van der Waals surface area contributed by atoms with Crippen LogP contribution in [0, 0.1) is 0 Å². The Morgan fingerprint density at radius 1 is 1.11 bits per heavy atom. The van der Waals surface area contributed by atoms with Gasteiger partial charge >= 0.3 is 0 Å². The molecule has 140 valence electrons. The van der Waals surface area contributed by atoms with Gasteiger partial charge in [-0.3, -0.25) is 0 Å². The molecule has 0 bridgehead atoms. The average molecular weight is 361 g/mol. The zero-order valence-electron chi connectivity index (χ0n) is 17.0. The molecule has 2 aliphatic heterocycles. The van der Waals surface area contributed by atoms with Crippen molar-refractivity contribution >= 4 is 17.0 Å². The maximum Gasteiger partial charge on any atom is 0.139 e.